The van der Waals surface area contributed by atoms with Gasteiger partial charge in [-0.05, 0) is 59.6 Å². The number of carbonyl (C=O) groups is 1. The Hall–Kier alpha value is -1.46. The monoisotopic (exact) mass is 419 g/mol. The average Bonchev–Trinajstić information content (AvgIpc) is 3.02. The van der Waals surface area contributed by atoms with Crippen LogP contribution >= 0.6 is 11.6 Å². The van der Waals surface area contributed by atoms with E-state index >= 15 is 0 Å². The first-order valence-electron chi connectivity index (χ1n) is 10.8. The second-order valence-electron chi connectivity index (χ2n) is 9.85. The number of benzene rings is 1. The molecule has 5 rings (SSSR count). The lowest BCUT2D eigenvalue weighted by molar-refractivity contribution is -0.136. The highest BCUT2D eigenvalue weighted by Crippen LogP contribution is 2.70. The summed E-state index contributed by atoms with van der Waals surface area (Å²) in [5.41, 5.74) is 1.25. The topological polar surface area (TPSA) is 56.8 Å². The maximum absolute atomic E-state index is 12.0. The molecule has 1 saturated heterocycles. The predicted molar refractivity (Wildman–Crippen MR) is 110 cm³/mol. The molecule has 1 N–H and O–H groups in total. The summed E-state index contributed by atoms with van der Waals surface area (Å²) in [5.74, 6) is 2.38. The molecular formula is C23H30ClNO4. The van der Waals surface area contributed by atoms with Crippen LogP contribution in [0.4, 0.5) is 0 Å². The van der Waals surface area contributed by atoms with Crippen LogP contribution in [0.5, 0.6) is 11.5 Å². The highest BCUT2D eigenvalue weighted by atomic mass is 35.5. The molecule has 1 aromatic rings. The van der Waals surface area contributed by atoms with Gasteiger partial charge in [0, 0.05) is 26.0 Å². The summed E-state index contributed by atoms with van der Waals surface area (Å²) in [4.78, 5) is 12.0. The van der Waals surface area contributed by atoms with Crippen molar-refractivity contribution in [3.05, 3.63) is 22.7 Å². The van der Waals surface area contributed by atoms with Gasteiger partial charge in [0.25, 0.3) is 0 Å². The van der Waals surface area contributed by atoms with E-state index in [1.807, 2.05) is 6.07 Å². The van der Waals surface area contributed by atoms with Crippen LogP contribution in [0.1, 0.15) is 58.1 Å². The predicted octanol–water partition coefficient (Wildman–Crippen LogP) is 4.52. The third-order valence-corrected chi connectivity index (χ3v) is 8.29. The van der Waals surface area contributed by atoms with Gasteiger partial charge in [0.1, 0.15) is 0 Å². The molecule has 2 saturated carbocycles. The van der Waals surface area contributed by atoms with E-state index < -0.39 is 0 Å². The molecule has 0 unspecified atom stereocenters. The molecule has 0 radical (unpaired) electrons. The molecule has 1 amide bonds. The number of hydrogen-bond donors (Lipinski definition) is 1. The highest BCUT2D eigenvalue weighted by Gasteiger charge is 2.68. The minimum absolute atomic E-state index is 0.0317. The van der Waals surface area contributed by atoms with Crippen LogP contribution in [0.2, 0.25) is 5.02 Å². The lowest BCUT2D eigenvalue weighted by Crippen LogP contribution is -2.58. The van der Waals surface area contributed by atoms with Crippen molar-refractivity contribution in [2.45, 2.75) is 58.6 Å². The van der Waals surface area contributed by atoms with Crippen LogP contribution in [0.3, 0.4) is 0 Å². The zero-order chi connectivity index (χ0) is 20.4. The van der Waals surface area contributed by atoms with Crippen molar-refractivity contribution >= 4 is 17.5 Å². The SMILES string of the molecule is CC(=O)N[C@H]1C(C)(C)[C@@H]2C[C@@H]3[C@@H](c4cc(Cl)c5c(c4)OCCCO5)OCC[C@@]31C2. The van der Waals surface area contributed by atoms with Gasteiger partial charge < -0.3 is 19.5 Å². The maximum Gasteiger partial charge on any atom is 0.217 e. The molecule has 158 valence electrons. The smallest absolute Gasteiger partial charge is 0.217 e. The Labute approximate surface area is 177 Å². The summed E-state index contributed by atoms with van der Waals surface area (Å²) in [6, 6.07) is 4.22. The number of carbonyl (C=O) groups excluding carboxylic acids is 1. The Morgan fingerprint density at radius 3 is 2.79 bits per heavy atom. The van der Waals surface area contributed by atoms with Crippen LogP contribution < -0.4 is 14.8 Å². The molecule has 2 heterocycles. The fourth-order valence-electron chi connectivity index (χ4n) is 6.74. The Morgan fingerprint density at radius 1 is 1.21 bits per heavy atom. The summed E-state index contributed by atoms with van der Waals surface area (Å²) in [5, 5.41) is 3.92. The third-order valence-electron chi connectivity index (χ3n) is 8.01. The van der Waals surface area contributed by atoms with Gasteiger partial charge in [-0.15, -0.1) is 0 Å². The molecule has 2 aliphatic heterocycles. The van der Waals surface area contributed by atoms with E-state index in [0.717, 1.165) is 37.0 Å². The van der Waals surface area contributed by atoms with Crippen LogP contribution in [0.25, 0.3) is 0 Å². The van der Waals surface area contributed by atoms with E-state index in [1.54, 1.807) is 6.92 Å². The zero-order valence-corrected chi connectivity index (χ0v) is 18.2. The first-order valence-corrected chi connectivity index (χ1v) is 11.2. The van der Waals surface area contributed by atoms with E-state index in [0.29, 0.717) is 42.4 Å². The molecule has 2 aliphatic carbocycles. The molecule has 5 atom stereocenters. The quantitative estimate of drug-likeness (QED) is 0.765. The summed E-state index contributed by atoms with van der Waals surface area (Å²) < 4.78 is 18.1. The van der Waals surface area contributed by atoms with Crippen molar-refractivity contribution in [2.75, 3.05) is 19.8 Å². The van der Waals surface area contributed by atoms with E-state index in [2.05, 4.69) is 25.2 Å². The normalized spacial score (nSPS) is 37.0. The number of rotatable bonds is 2. The number of halogens is 1. The number of amides is 1. The second-order valence-corrected chi connectivity index (χ2v) is 10.3. The van der Waals surface area contributed by atoms with Gasteiger partial charge in [-0.25, -0.2) is 0 Å². The van der Waals surface area contributed by atoms with E-state index in [4.69, 9.17) is 25.8 Å². The second kappa shape index (κ2) is 6.78. The Kier molecular flexibility index (Phi) is 4.56. The van der Waals surface area contributed by atoms with Gasteiger partial charge >= 0.3 is 0 Å². The lowest BCUT2D eigenvalue weighted by atomic mass is 9.59. The highest BCUT2D eigenvalue weighted by molar-refractivity contribution is 6.32. The minimum Gasteiger partial charge on any atom is -0.489 e. The van der Waals surface area contributed by atoms with Crippen molar-refractivity contribution in [3.63, 3.8) is 0 Å². The van der Waals surface area contributed by atoms with Crippen LogP contribution in [-0.2, 0) is 9.53 Å². The van der Waals surface area contributed by atoms with Crippen molar-refractivity contribution < 1.29 is 19.0 Å². The summed E-state index contributed by atoms with van der Waals surface area (Å²) >= 11 is 6.58. The molecule has 4 aliphatic rings. The van der Waals surface area contributed by atoms with Crippen molar-refractivity contribution in [1.29, 1.82) is 0 Å². The number of fused-ring (bicyclic) bond motifs is 2. The van der Waals surface area contributed by atoms with Gasteiger partial charge in [0.05, 0.1) is 24.3 Å². The van der Waals surface area contributed by atoms with Gasteiger partial charge in [-0.2, -0.15) is 0 Å². The number of hydrogen-bond acceptors (Lipinski definition) is 4. The van der Waals surface area contributed by atoms with Crippen LogP contribution in [0.15, 0.2) is 12.1 Å². The first-order chi connectivity index (χ1) is 13.8. The summed E-state index contributed by atoms with van der Waals surface area (Å²) in [6.45, 7) is 8.22. The van der Waals surface area contributed by atoms with E-state index in [9.17, 15) is 4.79 Å². The summed E-state index contributed by atoms with van der Waals surface area (Å²) in [6.07, 6.45) is 4.10. The molecule has 1 aromatic carbocycles. The molecule has 1 spiro atoms. The molecule has 5 nitrogen and oxygen atoms in total. The van der Waals surface area contributed by atoms with Crippen LogP contribution in [0, 0.1) is 22.7 Å². The van der Waals surface area contributed by atoms with Crippen molar-refractivity contribution in [3.8, 4) is 11.5 Å². The number of nitrogens with one attached hydrogen (secondary N) is 1. The minimum atomic E-state index is -0.0317. The summed E-state index contributed by atoms with van der Waals surface area (Å²) in [7, 11) is 0. The van der Waals surface area contributed by atoms with Gasteiger partial charge in [-0.1, -0.05) is 25.4 Å². The fraction of sp³-hybridized carbons (Fsp3) is 0.696. The largest absolute Gasteiger partial charge is 0.489 e. The molecule has 3 fully saturated rings. The zero-order valence-electron chi connectivity index (χ0n) is 17.4. The molecule has 29 heavy (non-hydrogen) atoms. The average molecular weight is 420 g/mol. The first kappa shape index (κ1) is 19.5. The molecule has 2 bridgehead atoms. The third kappa shape index (κ3) is 2.88. The van der Waals surface area contributed by atoms with Gasteiger partial charge in [0.2, 0.25) is 5.91 Å². The molecule has 0 aromatic heterocycles. The fourth-order valence-corrected chi connectivity index (χ4v) is 7.01. The van der Waals surface area contributed by atoms with E-state index in [-0.39, 0.29) is 28.9 Å². The van der Waals surface area contributed by atoms with Gasteiger partial charge in [0.15, 0.2) is 11.5 Å². The Balaban J connectivity index is 1.52. The standard InChI is InChI=1S/C23H30ClNO4/c1-13(26)25-21-22(2,3)15-11-16-19(29-8-5-23(16,21)12-15)14-9-17(24)20-18(10-14)27-6-4-7-28-20/h9-10,15-16,19,21H,4-8,11-12H2,1-3H3,(H,25,26)/t15-,16-,19-,21+,23-/m1/s1. The van der Waals surface area contributed by atoms with E-state index in [1.165, 1.54) is 0 Å². The van der Waals surface area contributed by atoms with Gasteiger partial charge in [-0.3, -0.25) is 4.79 Å². The maximum atomic E-state index is 12.0. The lowest BCUT2D eigenvalue weighted by Gasteiger charge is -2.53. The Bertz CT molecular complexity index is 840. The number of ether oxygens (including phenoxy) is 3. The van der Waals surface area contributed by atoms with Crippen molar-refractivity contribution in [2.24, 2.45) is 22.7 Å². The Morgan fingerprint density at radius 2 is 2.00 bits per heavy atom. The molecule has 6 heteroatoms. The van der Waals surface area contributed by atoms with Crippen LogP contribution in [-0.4, -0.2) is 31.8 Å². The molecular weight excluding hydrogens is 390 g/mol. The van der Waals surface area contributed by atoms with Crippen molar-refractivity contribution in [1.82, 2.24) is 5.32 Å².